The summed E-state index contributed by atoms with van der Waals surface area (Å²) in [5.74, 6) is 1.23. The molecule has 0 fully saturated rings. The smallest absolute Gasteiger partial charge is 0.257 e. The molecule has 0 amide bonds. The predicted molar refractivity (Wildman–Crippen MR) is 73.6 cm³/mol. The molecule has 0 saturated carbocycles. The van der Waals surface area contributed by atoms with Crippen LogP contribution in [0.4, 0.5) is 5.95 Å². The van der Waals surface area contributed by atoms with E-state index in [-0.39, 0.29) is 11.9 Å². The van der Waals surface area contributed by atoms with Crippen molar-refractivity contribution in [1.82, 2.24) is 34.7 Å². The minimum absolute atomic E-state index is 0.0498. The lowest BCUT2D eigenvalue weighted by Gasteiger charge is -2.10. The van der Waals surface area contributed by atoms with Gasteiger partial charge in [0.25, 0.3) is 5.95 Å². The van der Waals surface area contributed by atoms with Crippen LogP contribution in [0.25, 0.3) is 5.95 Å². The van der Waals surface area contributed by atoms with Crippen molar-refractivity contribution in [1.29, 1.82) is 0 Å². The van der Waals surface area contributed by atoms with E-state index in [0.29, 0.717) is 11.8 Å². The number of fused-ring (bicyclic) bond motifs is 1. The van der Waals surface area contributed by atoms with E-state index in [0.717, 1.165) is 18.5 Å². The monoisotopic (exact) mass is 280 g/mol. The van der Waals surface area contributed by atoms with Crippen LogP contribution in [0, 0.1) is 0 Å². The molecular formula is C13H12N8. The van der Waals surface area contributed by atoms with Crippen LogP contribution in [0.3, 0.4) is 0 Å². The van der Waals surface area contributed by atoms with Crippen molar-refractivity contribution in [3.05, 3.63) is 48.1 Å². The van der Waals surface area contributed by atoms with Crippen molar-refractivity contribution < 1.29 is 0 Å². The summed E-state index contributed by atoms with van der Waals surface area (Å²) in [7, 11) is 0. The predicted octanol–water partition coefficient (Wildman–Crippen LogP) is 0.508. The molecular weight excluding hydrogens is 268 g/mol. The molecule has 0 spiro atoms. The Hall–Kier alpha value is -2.90. The van der Waals surface area contributed by atoms with Crippen LogP contribution >= 0.6 is 0 Å². The van der Waals surface area contributed by atoms with Crippen LogP contribution in [0.5, 0.6) is 0 Å². The van der Waals surface area contributed by atoms with Crippen LogP contribution in [-0.4, -0.2) is 34.7 Å². The lowest BCUT2D eigenvalue weighted by molar-refractivity contribution is 0.689. The molecule has 8 heteroatoms. The fourth-order valence-corrected chi connectivity index (χ4v) is 2.63. The third-order valence-electron chi connectivity index (χ3n) is 3.55. The average molecular weight is 280 g/mol. The summed E-state index contributed by atoms with van der Waals surface area (Å²) in [5, 5.41) is 4.02. The highest BCUT2D eigenvalue weighted by molar-refractivity contribution is 5.35. The molecule has 0 bridgehead atoms. The molecule has 1 aliphatic carbocycles. The highest BCUT2D eigenvalue weighted by atomic mass is 15.4. The third kappa shape index (κ3) is 2.00. The summed E-state index contributed by atoms with van der Waals surface area (Å²) in [6.45, 7) is 0. The largest absolute Gasteiger partial charge is 0.368 e. The van der Waals surface area contributed by atoms with Crippen LogP contribution in [0.1, 0.15) is 29.4 Å². The SMILES string of the molecule is Nc1nc(C2CCc3cccnc32)nc(-n2cncn2)n1. The molecule has 1 unspecified atom stereocenters. The molecule has 3 aromatic rings. The molecule has 8 nitrogen and oxygen atoms in total. The molecule has 21 heavy (non-hydrogen) atoms. The van der Waals surface area contributed by atoms with Gasteiger partial charge in [-0.15, -0.1) is 0 Å². The minimum Gasteiger partial charge on any atom is -0.368 e. The summed E-state index contributed by atoms with van der Waals surface area (Å²) in [6.07, 6.45) is 6.64. The highest BCUT2D eigenvalue weighted by Crippen LogP contribution is 2.34. The van der Waals surface area contributed by atoms with Gasteiger partial charge in [-0.25, -0.2) is 4.98 Å². The van der Waals surface area contributed by atoms with Gasteiger partial charge in [0.1, 0.15) is 18.5 Å². The van der Waals surface area contributed by atoms with E-state index < -0.39 is 0 Å². The van der Waals surface area contributed by atoms with E-state index in [1.807, 2.05) is 6.07 Å². The van der Waals surface area contributed by atoms with E-state index in [2.05, 4.69) is 36.1 Å². The van der Waals surface area contributed by atoms with E-state index in [1.165, 1.54) is 22.9 Å². The number of aromatic nitrogens is 7. The second-order valence-electron chi connectivity index (χ2n) is 4.83. The lowest BCUT2D eigenvalue weighted by Crippen LogP contribution is -2.13. The molecule has 1 atom stereocenters. The third-order valence-corrected chi connectivity index (χ3v) is 3.55. The normalized spacial score (nSPS) is 16.9. The topological polar surface area (TPSA) is 108 Å². The number of nitrogens with zero attached hydrogens (tertiary/aromatic N) is 7. The lowest BCUT2D eigenvalue weighted by atomic mass is 10.1. The van der Waals surface area contributed by atoms with Crippen LogP contribution < -0.4 is 5.73 Å². The quantitative estimate of drug-likeness (QED) is 0.728. The zero-order valence-corrected chi connectivity index (χ0v) is 11.1. The first-order valence-electron chi connectivity index (χ1n) is 6.61. The summed E-state index contributed by atoms with van der Waals surface area (Å²) < 4.78 is 1.47. The number of nitrogens with two attached hydrogens (primary N) is 1. The Kier molecular flexibility index (Phi) is 2.59. The van der Waals surface area contributed by atoms with Gasteiger partial charge in [-0.05, 0) is 24.5 Å². The number of hydrogen-bond acceptors (Lipinski definition) is 7. The second kappa shape index (κ2) is 4.58. The van der Waals surface area contributed by atoms with E-state index >= 15 is 0 Å². The fraction of sp³-hybridized carbons (Fsp3) is 0.231. The van der Waals surface area contributed by atoms with Gasteiger partial charge < -0.3 is 5.73 Å². The Morgan fingerprint density at radius 2 is 2.19 bits per heavy atom. The standard InChI is InChI=1S/C13H12N8/c14-12-18-11(19-13(20-12)21-7-15-6-17-21)9-4-3-8-2-1-5-16-10(8)9/h1-2,5-7,9H,3-4H2,(H2,14,18,19,20). The van der Waals surface area contributed by atoms with Crippen LogP contribution in [-0.2, 0) is 6.42 Å². The molecule has 2 N–H and O–H groups in total. The number of nitrogen functional groups attached to an aromatic ring is 1. The maximum Gasteiger partial charge on any atom is 0.257 e. The fourth-order valence-electron chi connectivity index (χ4n) is 2.63. The summed E-state index contributed by atoms with van der Waals surface area (Å²) in [6, 6.07) is 4.04. The van der Waals surface area contributed by atoms with Gasteiger partial charge >= 0.3 is 0 Å². The maximum atomic E-state index is 5.81. The molecule has 1 aliphatic rings. The molecule has 3 heterocycles. The first-order chi connectivity index (χ1) is 10.3. The van der Waals surface area contributed by atoms with Crippen molar-refractivity contribution in [2.75, 3.05) is 5.73 Å². The van der Waals surface area contributed by atoms with Gasteiger partial charge in [0, 0.05) is 6.20 Å². The Morgan fingerprint density at radius 3 is 3.05 bits per heavy atom. The first-order valence-corrected chi connectivity index (χ1v) is 6.61. The van der Waals surface area contributed by atoms with Gasteiger partial charge in [0.05, 0.1) is 11.6 Å². The zero-order chi connectivity index (χ0) is 14.2. The van der Waals surface area contributed by atoms with Crippen LogP contribution in [0.15, 0.2) is 31.0 Å². The van der Waals surface area contributed by atoms with E-state index in [1.54, 1.807) is 6.20 Å². The zero-order valence-electron chi connectivity index (χ0n) is 11.1. The van der Waals surface area contributed by atoms with E-state index in [9.17, 15) is 0 Å². The van der Waals surface area contributed by atoms with Gasteiger partial charge in [0.15, 0.2) is 0 Å². The van der Waals surface area contributed by atoms with Gasteiger partial charge in [0.2, 0.25) is 5.95 Å². The number of rotatable bonds is 2. The van der Waals surface area contributed by atoms with Gasteiger partial charge in [-0.2, -0.15) is 24.7 Å². The Balaban J connectivity index is 1.80. The summed E-state index contributed by atoms with van der Waals surface area (Å²) in [4.78, 5) is 21.2. The molecule has 0 radical (unpaired) electrons. The number of anilines is 1. The Bertz CT molecular complexity index is 783. The maximum absolute atomic E-state index is 5.81. The van der Waals surface area contributed by atoms with E-state index in [4.69, 9.17) is 5.73 Å². The first kappa shape index (κ1) is 11.9. The Labute approximate surface area is 120 Å². The summed E-state index contributed by atoms with van der Waals surface area (Å²) in [5.41, 5.74) is 8.07. The molecule has 0 aliphatic heterocycles. The van der Waals surface area contributed by atoms with Crippen molar-refractivity contribution >= 4 is 5.95 Å². The van der Waals surface area contributed by atoms with Crippen molar-refractivity contribution in [2.45, 2.75) is 18.8 Å². The molecule has 0 aromatic carbocycles. The molecule has 3 aromatic heterocycles. The number of pyridine rings is 1. The Morgan fingerprint density at radius 1 is 1.24 bits per heavy atom. The number of hydrogen-bond donors (Lipinski definition) is 1. The van der Waals surface area contributed by atoms with Crippen molar-refractivity contribution in [3.8, 4) is 5.95 Å². The second-order valence-corrected chi connectivity index (χ2v) is 4.83. The molecule has 104 valence electrons. The number of aryl methyl sites for hydroxylation is 1. The minimum atomic E-state index is 0.0498. The van der Waals surface area contributed by atoms with Crippen molar-refractivity contribution in [3.63, 3.8) is 0 Å². The highest BCUT2D eigenvalue weighted by Gasteiger charge is 2.28. The van der Waals surface area contributed by atoms with Gasteiger partial charge in [-0.3, -0.25) is 4.98 Å². The van der Waals surface area contributed by atoms with Crippen molar-refractivity contribution in [2.24, 2.45) is 0 Å². The van der Waals surface area contributed by atoms with Gasteiger partial charge in [-0.1, -0.05) is 6.07 Å². The molecule has 4 rings (SSSR count). The van der Waals surface area contributed by atoms with Crippen LogP contribution in [0.2, 0.25) is 0 Å². The average Bonchev–Trinajstić information content (AvgIpc) is 3.16. The summed E-state index contributed by atoms with van der Waals surface area (Å²) >= 11 is 0. The molecule has 0 saturated heterocycles.